The van der Waals surface area contributed by atoms with Crippen molar-refractivity contribution in [3.8, 4) is 0 Å². The molecule has 208 valence electrons. The second kappa shape index (κ2) is 13.5. The highest BCUT2D eigenvalue weighted by Gasteiger charge is 2.28. The number of hydrogen-bond donors (Lipinski definition) is 1. The predicted octanol–water partition coefficient (Wildman–Crippen LogP) is 7.16. The summed E-state index contributed by atoms with van der Waals surface area (Å²) in [7, 11) is 1.31. The van der Waals surface area contributed by atoms with Crippen molar-refractivity contribution < 1.29 is 33.0 Å². The summed E-state index contributed by atoms with van der Waals surface area (Å²) in [6, 6.07) is 2.90. The quantitative estimate of drug-likeness (QED) is 0.272. The summed E-state index contributed by atoms with van der Waals surface area (Å²) in [5, 5.41) is 9.70. The van der Waals surface area contributed by atoms with Crippen LogP contribution in [-0.4, -0.2) is 29.9 Å². The van der Waals surface area contributed by atoms with Crippen LogP contribution in [0.15, 0.2) is 12.1 Å². The number of esters is 1. The third kappa shape index (κ3) is 6.87. The normalized spacial score (nSPS) is 16.5. The maximum Gasteiger partial charge on any atom is 0.312 e. The lowest BCUT2D eigenvalue weighted by molar-refractivity contribution is -0.142. The van der Waals surface area contributed by atoms with Crippen LogP contribution in [0.25, 0.3) is 0 Å². The molecule has 0 aromatic heterocycles. The minimum absolute atomic E-state index is 0.00903. The number of carbonyl (C=O) groups excluding carboxylic acids is 2. The number of alkyl halides is 1. The molecular weight excluding hydrogens is 558 g/mol. The van der Waals surface area contributed by atoms with Gasteiger partial charge in [0.05, 0.1) is 18.9 Å². The van der Waals surface area contributed by atoms with Crippen LogP contribution in [0.2, 0.25) is 0 Å². The van der Waals surface area contributed by atoms with Crippen LogP contribution in [0.1, 0.15) is 89.5 Å². The van der Waals surface area contributed by atoms with Crippen molar-refractivity contribution in [3.05, 3.63) is 68.3 Å². The number of Topliss-reactive ketones (excluding diaryl/α,β-unsaturated/α-hetero) is 1. The number of hydrogen-bond acceptors (Lipinski definition) is 4. The lowest BCUT2D eigenvalue weighted by Gasteiger charge is -2.19. The summed E-state index contributed by atoms with van der Waals surface area (Å²) < 4.78 is 33.0. The molecule has 38 heavy (non-hydrogen) atoms. The maximum absolute atomic E-state index is 14.3. The van der Waals surface area contributed by atoms with E-state index in [2.05, 4.69) is 20.7 Å². The second-order valence-corrected chi connectivity index (χ2v) is 10.6. The Labute approximate surface area is 232 Å². The number of methoxy groups -OCH3 is 1. The Morgan fingerprint density at radius 3 is 1.92 bits per heavy atom. The fraction of sp³-hybridized carbons (Fsp3) is 0.500. The van der Waals surface area contributed by atoms with Crippen molar-refractivity contribution >= 4 is 33.7 Å². The van der Waals surface area contributed by atoms with Gasteiger partial charge in [-0.15, -0.1) is 0 Å². The molecule has 5 nitrogen and oxygen atoms in total. The zero-order chi connectivity index (χ0) is 28.9. The first-order valence-electron chi connectivity index (χ1n) is 12.7. The zero-order valence-corrected chi connectivity index (χ0v) is 24.7. The van der Waals surface area contributed by atoms with Crippen molar-refractivity contribution in [1.82, 2.24) is 0 Å². The number of aliphatic carboxylic acids is 1. The molecule has 3 rings (SSSR count). The average molecular weight is 596 g/mol. The fourth-order valence-electron chi connectivity index (χ4n) is 5.12. The van der Waals surface area contributed by atoms with Gasteiger partial charge in [-0.05, 0) is 106 Å². The fourth-order valence-corrected chi connectivity index (χ4v) is 5.71. The first-order chi connectivity index (χ1) is 17.8. The van der Waals surface area contributed by atoms with Crippen LogP contribution in [0.4, 0.5) is 8.78 Å². The summed E-state index contributed by atoms with van der Waals surface area (Å²) in [6.45, 7) is 10.5. The Hall–Kier alpha value is -2.61. The van der Waals surface area contributed by atoms with Gasteiger partial charge in [-0.1, -0.05) is 15.9 Å². The Bertz CT molecular complexity index is 1220. The van der Waals surface area contributed by atoms with Crippen LogP contribution >= 0.6 is 15.9 Å². The molecule has 1 N–H and O–H groups in total. The van der Waals surface area contributed by atoms with Gasteiger partial charge in [-0.25, -0.2) is 8.78 Å². The van der Waals surface area contributed by atoms with Gasteiger partial charge in [0.2, 0.25) is 0 Å². The molecule has 1 aliphatic carbocycles. The molecule has 1 aliphatic rings. The number of benzene rings is 2. The third-order valence-electron chi connectivity index (χ3n) is 7.85. The van der Waals surface area contributed by atoms with Crippen molar-refractivity contribution in [2.75, 3.05) is 7.11 Å². The van der Waals surface area contributed by atoms with Gasteiger partial charge in [-0.3, -0.25) is 14.4 Å². The van der Waals surface area contributed by atoms with Crippen LogP contribution in [0.5, 0.6) is 0 Å². The number of rotatable bonds is 7. The van der Waals surface area contributed by atoms with Gasteiger partial charge in [0, 0.05) is 28.8 Å². The number of carboxylic acids is 1. The predicted molar refractivity (Wildman–Crippen MR) is 147 cm³/mol. The van der Waals surface area contributed by atoms with E-state index in [1.807, 2.05) is 20.8 Å². The number of ketones is 1. The molecule has 8 heteroatoms. The van der Waals surface area contributed by atoms with Crippen molar-refractivity contribution in [2.45, 2.75) is 84.4 Å². The summed E-state index contributed by atoms with van der Waals surface area (Å²) in [6.07, 6.45) is 2.97. The van der Waals surface area contributed by atoms with Gasteiger partial charge in [0.1, 0.15) is 17.4 Å². The molecule has 0 heterocycles. The molecule has 1 fully saturated rings. The van der Waals surface area contributed by atoms with Crippen LogP contribution < -0.4 is 0 Å². The summed E-state index contributed by atoms with van der Waals surface area (Å²) in [5.74, 6) is -3.48. The van der Waals surface area contributed by atoms with Crippen molar-refractivity contribution in [1.29, 1.82) is 0 Å². The summed E-state index contributed by atoms with van der Waals surface area (Å²) >= 11 is 3.32. The van der Waals surface area contributed by atoms with Gasteiger partial charge in [-0.2, -0.15) is 0 Å². The van der Waals surface area contributed by atoms with Crippen molar-refractivity contribution in [3.63, 3.8) is 0 Å². The average Bonchev–Trinajstić information content (AvgIpc) is 3.28. The van der Waals surface area contributed by atoms with Crippen LogP contribution in [-0.2, 0) is 30.9 Å². The molecule has 3 unspecified atom stereocenters. The van der Waals surface area contributed by atoms with Gasteiger partial charge in [0.25, 0.3) is 0 Å². The zero-order valence-electron chi connectivity index (χ0n) is 23.1. The smallest absolute Gasteiger partial charge is 0.312 e. The van der Waals surface area contributed by atoms with E-state index in [0.29, 0.717) is 29.3 Å². The molecular formula is C30H37BrF2O5. The molecule has 0 bridgehead atoms. The third-order valence-corrected chi connectivity index (χ3v) is 8.45. The Morgan fingerprint density at radius 2 is 1.47 bits per heavy atom. The molecule has 0 radical (unpaired) electrons. The number of carboxylic acid groups (broad SMARTS) is 1. The van der Waals surface area contributed by atoms with E-state index in [0.717, 1.165) is 40.7 Å². The molecule has 3 atom stereocenters. The lowest BCUT2D eigenvalue weighted by Crippen LogP contribution is -2.15. The second-order valence-electron chi connectivity index (χ2n) is 10.1. The minimum Gasteiger partial charge on any atom is -0.481 e. The monoisotopic (exact) mass is 594 g/mol. The summed E-state index contributed by atoms with van der Waals surface area (Å²) in [5.41, 5.74) is 5.82. The molecule has 0 amide bonds. The SMILES string of the molecule is COC(=O)C(C)c1c(F)cc(CBr)c(C)c1C.Cc1c(CC2CCCC2=O)cc(F)c(C(C)C(=O)O)c1C. The first-order valence-corrected chi connectivity index (χ1v) is 13.8. The van der Waals surface area contributed by atoms with Crippen LogP contribution in [0, 0.1) is 45.2 Å². The largest absolute Gasteiger partial charge is 0.481 e. The van der Waals surface area contributed by atoms with E-state index in [1.165, 1.54) is 26.2 Å². The highest BCUT2D eigenvalue weighted by atomic mass is 79.9. The first kappa shape index (κ1) is 31.6. The Morgan fingerprint density at radius 1 is 0.974 bits per heavy atom. The lowest BCUT2D eigenvalue weighted by atomic mass is 9.86. The van der Waals surface area contributed by atoms with E-state index in [-0.39, 0.29) is 23.1 Å². The summed E-state index contributed by atoms with van der Waals surface area (Å²) in [4.78, 5) is 34.3. The van der Waals surface area contributed by atoms with E-state index >= 15 is 0 Å². The molecule has 0 aliphatic heterocycles. The Balaban J connectivity index is 0.000000273. The molecule has 0 spiro atoms. The Kier molecular flexibility index (Phi) is 11.2. The number of halogens is 3. The van der Waals surface area contributed by atoms with Crippen LogP contribution in [0.3, 0.4) is 0 Å². The molecule has 1 saturated carbocycles. The van der Waals surface area contributed by atoms with E-state index in [9.17, 15) is 23.2 Å². The van der Waals surface area contributed by atoms with E-state index in [1.54, 1.807) is 13.8 Å². The van der Waals surface area contributed by atoms with E-state index < -0.39 is 29.6 Å². The minimum atomic E-state index is -1.03. The number of ether oxygens (including phenoxy) is 1. The highest BCUT2D eigenvalue weighted by Crippen LogP contribution is 2.32. The van der Waals surface area contributed by atoms with Gasteiger partial charge >= 0.3 is 11.9 Å². The van der Waals surface area contributed by atoms with Gasteiger partial charge < -0.3 is 9.84 Å². The van der Waals surface area contributed by atoms with Crippen molar-refractivity contribution in [2.24, 2.45) is 5.92 Å². The van der Waals surface area contributed by atoms with Gasteiger partial charge in [0.15, 0.2) is 0 Å². The highest BCUT2D eigenvalue weighted by molar-refractivity contribution is 9.08. The maximum atomic E-state index is 14.3. The molecule has 2 aromatic carbocycles. The number of carbonyl (C=O) groups is 3. The van der Waals surface area contributed by atoms with E-state index in [4.69, 9.17) is 5.11 Å². The molecule has 0 saturated heterocycles. The standard InChI is InChI=1S/C17H21FO3.C13H16BrFO2/c1-9-10(2)16(11(3)17(20)21)14(18)8-13(9)7-12-5-4-6-15(12)19;1-7-8(2)12(9(3)13(16)17-4)11(15)5-10(7)6-14/h8,11-12H,4-7H2,1-3H3,(H,20,21);5,9H,6H2,1-4H3. The topological polar surface area (TPSA) is 80.7 Å². The molecule has 2 aromatic rings.